The molecule has 0 fully saturated rings. The van der Waals surface area contributed by atoms with Crippen molar-refractivity contribution in [1.29, 1.82) is 0 Å². The summed E-state index contributed by atoms with van der Waals surface area (Å²) >= 11 is 11.3. The van der Waals surface area contributed by atoms with Crippen LogP contribution in [0.3, 0.4) is 0 Å². The van der Waals surface area contributed by atoms with Crippen molar-refractivity contribution in [1.82, 2.24) is 0 Å². The van der Waals surface area contributed by atoms with Crippen LogP contribution in [0.2, 0.25) is 0 Å². The molecule has 2 unspecified atom stereocenters. The predicted octanol–water partition coefficient (Wildman–Crippen LogP) is 6.44. The van der Waals surface area contributed by atoms with E-state index in [2.05, 4.69) is 38.2 Å². The first-order valence-corrected chi connectivity index (χ1v) is 10.6. The van der Waals surface area contributed by atoms with E-state index in [1.807, 2.05) is 0 Å². The first-order valence-electron chi connectivity index (χ1n) is 9.51. The fourth-order valence-electron chi connectivity index (χ4n) is 2.29. The van der Waals surface area contributed by atoms with Crippen LogP contribution < -0.4 is 0 Å². The molecule has 0 saturated heterocycles. The molecule has 3 nitrogen and oxygen atoms in total. The molecule has 25 heavy (non-hydrogen) atoms. The number of ether oxygens (including phenoxy) is 3. The Balaban J connectivity index is 3.68. The van der Waals surface area contributed by atoms with Crippen LogP contribution >= 0.6 is 23.2 Å². The summed E-state index contributed by atoms with van der Waals surface area (Å²) in [6.45, 7) is 4.84. The highest BCUT2D eigenvalue weighted by Gasteiger charge is 2.07. The topological polar surface area (TPSA) is 27.7 Å². The smallest absolute Gasteiger partial charge is 0.149 e. The molecule has 0 rings (SSSR count). The molecular formula is C20H36Cl2O3. The van der Waals surface area contributed by atoms with Gasteiger partial charge in [-0.3, -0.25) is 0 Å². The van der Waals surface area contributed by atoms with Gasteiger partial charge < -0.3 is 14.2 Å². The zero-order chi connectivity index (χ0) is 18.6. The van der Waals surface area contributed by atoms with E-state index in [4.69, 9.17) is 37.4 Å². The van der Waals surface area contributed by atoms with E-state index in [9.17, 15) is 0 Å². The second-order valence-corrected chi connectivity index (χ2v) is 6.64. The van der Waals surface area contributed by atoms with Gasteiger partial charge in [-0.2, -0.15) is 0 Å². The van der Waals surface area contributed by atoms with E-state index in [-0.39, 0.29) is 25.8 Å². The van der Waals surface area contributed by atoms with Crippen molar-refractivity contribution in [3.8, 4) is 0 Å². The van der Waals surface area contributed by atoms with Gasteiger partial charge in [-0.25, -0.2) is 0 Å². The Kier molecular flexibility index (Phi) is 20.2. The molecule has 0 aliphatic carbocycles. The van der Waals surface area contributed by atoms with Crippen molar-refractivity contribution >= 4 is 23.2 Å². The summed E-state index contributed by atoms with van der Waals surface area (Å²) in [5.41, 5.74) is 0. The molecule has 0 aliphatic heterocycles. The van der Waals surface area contributed by atoms with Crippen LogP contribution in [-0.2, 0) is 14.2 Å². The van der Waals surface area contributed by atoms with Gasteiger partial charge >= 0.3 is 0 Å². The Morgan fingerprint density at radius 1 is 0.680 bits per heavy atom. The minimum Gasteiger partial charge on any atom is -0.352 e. The summed E-state index contributed by atoms with van der Waals surface area (Å²) in [7, 11) is 0. The quantitative estimate of drug-likeness (QED) is 0.116. The van der Waals surface area contributed by atoms with E-state index in [0.717, 1.165) is 51.4 Å². The second-order valence-electron chi connectivity index (χ2n) is 5.89. The second kappa shape index (κ2) is 20.3. The Hall–Kier alpha value is -0.0600. The number of hydrogen-bond donors (Lipinski definition) is 0. The third-order valence-corrected chi connectivity index (χ3v) is 4.32. The highest BCUT2D eigenvalue weighted by molar-refractivity contribution is 6.18. The van der Waals surface area contributed by atoms with Crippen molar-refractivity contribution in [2.75, 3.05) is 25.3 Å². The predicted molar refractivity (Wildman–Crippen MR) is 109 cm³/mol. The number of rotatable bonds is 18. The molecule has 5 heteroatoms. The van der Waals surface area contributed by atoms with E-state index in [1.165, 1.54) is 0 Å². The zero-order valence-corrected chi connectivity index (χ0v) is 17.4. The number of hydrogen-bond acceptors (Lipinski definition) is 3. The van der Waals surface area contributed by atoms with Crippen LogP contribution in [-0.4, -0.2) is 37.6 Å². The van der Waals surface area contributed by atoms with Crippen LogP contribution in [0.5, 0.6) is 0 Å². The molecule has 0 saturated carbocycles. The fourth-order valence-corrected chi connectivity index (χ4v) is 2.55. The van der Waals surface area contributed by atoms with Crippen molar-refractivity contribution in [2.24, 2.45) is 0 Å². The third kappa shape index (κ3) is 17.1. The molecule has 0 bridgehead atoms. The van der Waals surface area contributed by atoms with Crippen molar-refractivity contribution in [3.63, 3.8) is 0 Å². The summed E-state index contributed by atoms with van der Waals surface area (Å²) in [5, 5.41) is 0. The number of halogens is 2. The van der Waals surface area contributed by atoms with Gasteiger partial charge in [-0.15, -0.1) is 23.2 Å². The molecule has 0 aromatic heterocycles. The minimum absolute atomic E-state index is 0.231. The first kappa shape index (κ1) is 24.9. The maximum Gasteiger partial charge on any atom is 0.149 e. The van der Waals surface area contributed by atoms with Gasteiger partial charge in [0.1, 0.15) is 13.6 Å². The normalized spacial score (nSPS) is 14.6. The lowest BCUT2D eigenvalue weighted by atomic mass is 10.1. The first-order chi connectivity index (χ1) is 12.3. The summed E-state index contributed by atoms with van der Waals surface area (Å²) < 4.78 is 17.0. The Labute approximate surface area is 164 Å². The van der Waals surface area contributed by atoms with Gasteiger partial charge in [0.2, 0.25) is 0 Å². The lowest BCUT2D eigenvalue weighted by molar-refractivity contribution is -0.166. The largest absolute Gasteiger partial charge is 0.352 e. The van der Waals surface area contributed by atoms with E-state index in [0.29, 0.717) is 11.8 Å². The molecule has 0 aromatic carbocycles. The minimum atomic E-state index is 0.231. The Bertz CT molecular complexity index is 292. The standard InChI is InChI=1S/C20H36Cl2O3/c1-3-19(13-9-5-7-11-15-21)24-17-23-18-25-20(4-2)14-10-6-8-12-16-22/h5-8,19-20H,3-4,9-18H2,1-2H3/b7-5+,8-6+. The molecule has 0 N–H and O–H groups in total. The van der Waals surface area contributed by atoms with Crippen LogP contribution in [0, 0.1) is 0 Å². The zero-order valence-electron chi connectivity index (χ0n) is 15.9. The molecular weight excluding hydrogens is 359 g/mol. The molecule has 0 aromatic rings. The summed E-state index contributed by atoms with van der Waals surface area (Å²) in [6.07, 6.45) is 16.9. The summed E-state index contributed by atoms with van der Waals surface area (Å²) in [4.78, 5) is 0. The van der Waals surface area contributed by atoms with Gasteiger partial charge in [0.25, 0.3) is 0 Å². The molecule has 0 amide bonds. The molecule has 0 aliphatic rings. The maximum atomic E-state index is 5.75. The SMILES string of the molecule is CCC(CC/C=C/CCCl)OCOCOC(CC)CC/C=C/CCCl. The van der Waals surface area contributed by atoms with Gasteiger partial charge in [0.05, 0.1) is 12.2 Å². The van der Waals surface area contributed by atoms with Crippen molar-refractivity contribution in [3.05, 3.63) is 24.3 Å². The van der Waals surface area contributed by atoms with Gasteiger partial charge in [-0.1, -0.05) is 38.2 Å². The molecule has 2 atom stereocenters. The fraction of sp³-hybridized carbons (Fsp3) is 0.800. The van der Waals surface area contributed by atoms with E-state index >= 15 is 0 Å². The highest BCUT2D eigenvalue weighted by Crippen LogP contribution is 2.10. The lowest BCUT2D eigenvalue weighted by Gasteiger charge is -2.18. The van der Waals surface area contributed by atoms with E-state index < -0.39 is 0 Å². The maximum absolute atomic E-state index is 5.75. The number of allylic oxidation sites excluding steroid dienone is 4. The Morgan fingerprint density at radius 2 is 1.08 bits per heavy atom. The van der Waals surface area contributed by atoms with Crippen molar-refractivity contribution < 1.29 is 14.2 Å². The van der Waals surface area contributed by atoms with Crippen LogP contribution in [0.15, 0.2) is 24.3 Å². The third-order valence-electron chi connectivity index (χ3n) is 3.88. The lowest BCUT2D eigenvalue weighted by Crippen LogP contribution is -2.18. The van der Waals surface area contributed by atoms with Crippen LogP contribution in [0.4, 0.5) is 0 Å². The van der Waals surface area contributed by atoms with Gasteiger partial charge in [-0.05, 0) is 51.4 Å². The average molecular weight is 395 g/mol. The molecule has 0 radical (unpaired) electrons. The average Bonchev–Trinajstić information content (AvgIpc) is 2.64. The molecule has 0 spiro atoms. The monoisotopic (exact) mass is 394 g/mol. The number of alkyl halides is 2. The van der Waals surface area contributed by atoms with E-state index in [1.54, 1.807) is 0 Å². The summed E-state index contributed by atoms with van der Waals surface area (Å²) in [6, 6.07) is 0. The van der Waals surface area contributed by atoms with Gasteiger partial charge in [0.15, 0.2) is 0 Å². The van der Waals surface area contributed by atoms with Crippen molar-refractivity contribution in [2.45, 2.75) is 77.4 Å². The van der Waals surface area contributed by atoms with Crippen LogP contribution in [0.1, 0.15) is 65.2 Å². The van der Waals surface area contributed by atoms with Gasteiger partial charge in [0, 0.05) is 11.8 Å². The molecule has 148 valence electrons. The molecule has 0 heterocycles. The summed E-state index contributed by atoms with van der Waals surface area (Å²) in [5.74, 6) is 1.36. The van der Waals surface area contributed by atoms with Crippen LogP contribution in [0.25, 0.3) is 0 Å². The highest BCUT2D eigenvalue weighted by atomic mass is 35.5. The Morgan fingerprint density at radius 3 is 1.44 bits per heavy atom.